The quantitative estimate of drug-likeness (QED) is 0.668. The Bertz CT molecular complexity index is 691. The van der Waals surface area contributed by atoms with Gasteiger partial charge < -0.3 is 4.74 Å². The zero-order valence-electron chi connectivity index (χ0n) is 13.3. The minimum absolute atomic E-state index is 0.311. The highest BCUT2D eigenvalue weighted by molar-refractivity contribution is 6.30. The van der Waals surface area contributed by atoms with Crippen molar-refractivity contribution in [1.29, 1.82) is 0 Å². The van der Waals surface area contributed by atoms with Crippen LogP contribution in [0.3, 0.4) is 0 Å². The van der Waals surface area contributed by atoms with Crippen LogP contribution in [0.1, 0.15) is 23.6 Å². The standard InChI is InChI=1S/C18H19ClN2O2/c1-12-8-13(2)10-17(9-12)23-14(3)18(22)21-20-11-15-4-6-16(19)7-5-15/h4-11,14H,1-3H3,(H,21,22)/t14-/m0/s1. The van der Waals surface area contributed by atoms with Crippen molar-refractivity contribution in [1.82, 2.24) is 5.43 Å². The lowest BCUT2D eigenvalue weighted by Crippen LogP contribution is -2.33. The number of carbonyl (C=O) groups excluding carboxylic acids is 1. The number of benzene rings is 2. The molecule has 1 N–H and O–H groups in total. The first kappa shape index (κ1) is 17.0. The van der Waals surface area contributed by atoms with Crippen molar-refractivity contribution in [3.05, 3.63) is 64.2 Å². The van der Waals surface area contributed by atoms with Gasteiger partial charge in [0, 0.05) is 5.02 Å². The molecule has 0 aliphatic carbocycles. The molecular weight excluding hydrogens is 312 g/mol. The van der Waals surface area contributed by atoms with E-state index in [0.717, 1.165) is 16.7 Å². The summed E-state index contributed by atoms with van der Waals surface area (Å²) in [6.45, 7) is 5.66. The average Bonchev–Trinajstić information content (AvgIpc) is 2.48. The fourth-order valence-electron chi connectivity index (χ4n) is 2.07. The molecule has 2 aromatic rings. The van der Waals surface area contributed by atoms with Gasteiger partial charge >= 0.3 is 0 Å². The van der Waals surface area contributed by atoms with Crippen molar-refractivity contribution >= 4 is 23.7 Å². The molecule has 0 radical (unpaired) electrons. The van der Waals surface area contributed by atoms with Gasteiger partial charge in [-0.05, 0) is 61.7 Å². The molecule has 0 saturated heterocycles. The van der Waals surface area contributed by atoms with E-state index >= 15 is 0 Å². The lowest BCUT2D eigenvalue weighted by molar-refractivity contribution is -0.127. The SMILES string of the molecule is Cc1cc(C)cc(O[C@@H](C)C(=O)NN=Cc2ccc(Cl)cc2)c1. The second-order valence-corrected chi connectivity index (χ2v) is 5.81. The Morgan fingerprint density at radius 2 is 1.78 bits per heavy atom. The number of hydrogen-bond acceptors (Lipinski definition) is 3. The van der Waals surface area contributed by atoms with Crippen molar-refractivity contribution in [2.45, 2.75) is 26.9 Å². The third-order valence-electron chi connectivity index (χ3n) is 3.14. The van der Waals surface area contributed by atoms with Crippen LogP contribution in [0.15, 0.2) is 47.6 Å². The summed E-state index contributed by atoms with van der Waals surface area (Å²) < 4.78 is 5.65. The summed E-state index contributed by atoms with van der Waals surface area (Å²) in [6.07, 6.45) is 0.913. The zero-order valence-corrected chi connectivity index (χ0v) is 14.1. The predicted octanol–water partition coefficient (Wildman–Crippen LogP) is 3.87. The van der Waals surface area contributed by atoms with Crippen LogP contribution in [-0.4, -0.2) is 18.2 Å². The van der Waals surface area contributed by atoms with E-state index in [9.17, 15) is 4.79 Å². The maximum Gasteiger partial charge on any atom is 0.280 e. The number of rotatable bonds is 5. The van der Waals surface area contributed by atoms with Gasteiger partial charge in [-0.15, -0.1) is 0 Å². The first-order chi connectivity index (χ1) is 10.9. The van der Waals surface area contributed by atoms with Crippen LogP contribution in [0.4, 0.5) is 0 Å². The first-order valence-electron chi connectivity index (χ1n) is 7.27. The second kappa shape index (κ2) is 7.79. The van der Waals surface area contributed by atoms with Gasteiger partial charge in [0.05, 0.1) is 6.21 Å². The van der Waals surface area contributed by atoms with Crippen LogP contribution >= 0.6 is 11.6 Å². The molecular formula is C18H19ClN2O2. The third-order valence-corrected chi connectivity index (χ3v) is 3.39. The van der Waals surface area contributed by atoms with Crippen LogP contribution in [0.25, 0.3) is 0 Å². The van der Waals surface area contributed by atoms with Crippen LogP contribution in [0.2, 0.25) is 5.02 Å². The predicted molar refractivity (Wildman–Crippen MR) is 93.2 cm³/mol. The molecule has 0 aliphatic heterocycles. The van der Waals surface area contributed by atoms with Gasteiger partial charge in [-0.3, -0.25) is 4.79 Å². The summed E-state index contributed by atoms with van der Waals surface area (Å²) in [6, 6.07) is 13.0. The van der Waals surface area contributed by atoms with Gasteiger partial charge in [-0.25, -0.2) is 5.43 Å². The fourth-order valence-corrected chi connectivity index (χ4v) is 2.19. The van der Waals surface area contributed by atoms with Crippen molar-refractivity contribution < 1.29 is 9.53 Å². The van der Waals surface area contributed by atoms with Gasteiger partial charge in [-0.1, -0.05) is 29.8 Å². The van der Waals surface area contributed by atoms with E-state index in [-0.39, 0.29) is 5.91 Å². The van der Waals surface area contributed by atoms with E-state index in [2.05, 4.69) is 10.5 Å². The van der Waals surface area contributed by atoms with Crippen molar-refractivity contribution in [2.24, 2.45) is 5.10 Å². The molecule has 0 spiro atoms. The number of aryl methyl sites for hydroxylation is 2. The van der Waals surface area contributed by atoms with Gasteiger partial charge in [0.25, 0.3) is 5.91 Å². The molecule has 0 unspecified atom stereocenters. The van der Waals surface area contributed by atoms with Crippen molar-refractivity contribution in [2.75, 3.05) is 0 Å². The number of hydrazone groups is 1. The highest BCUT2D eigenvalue weighted by Crippen LogP contribution is 2.17. The Hall–Kier alpha value is -2.33. The minimum atomic E-state index is -0.640. The van der Waals surface area contributed by atoms with Gasteiger partial charge in [0.15, 0.2) is 6.10 Å². The smallest absolute Gasteiger partial charge is 0.280 e. The Balaban J connectivity index is 1.90. The highest BCUT2D eigenvalue weighted by Gasteiger charge is 2.14. The van der Waals surface area contributed by atoms with Crippen LogP contribution < -0.4 is 10.2 Å². The molecule has 120 valence electrons. The number of amides is 1. The lowest BCUT2D eigenvalue weighted by Gasteiger charge is -2.14. The zero-order chi connectivity index (χ0) is 16.8. The number of nitrogens with one attached hydrogen (secondary N) is 1. The molecule has 0 aromatic heterocycles. The normalized spacial score (nSPS) is 12.2. The Morgan fingerprint density at radius 3 is 2.39 bits per heavy atom. The summed E-state index contributed by atoms with van der Waals surface area (Å²) in [4.78, 5) is 12.0. The van der Waals surface area contributed by atoms with Gasteiger partial charge in [-0.2, -0.15) is 5.10 Å². The molecule has 5 heteroatoms. The Labute approximate surface area is 141 Å². The van der Waals surface area contributed by atoms with Crippen LogP contribution in [0, 0.1) is 13.8 Å². The number of nitrogens with zero attached hydrogens (tertiary/aromatic N) is 1. The molecule has 0 aliphatic rings. The topological polar surface area (TPSA) is 50.7 Å². The lowest BCUT2D eigenvalue weighted by atomic mass is 10.1. The summed E-state index contributed by atoms with van der Waals surface area (Å²) in [5, 5.41) is 4.58. The van der Waals surface area contributed by atoms with Gasteiger partial charge in [0.1, 0.15) is 5.75 Å². The van der Waals surface area contributed by atoms with E-state index < -0.39 is 6.10 Å². The third kappa shape index (κ3) is 5.42. The number of ether oxygens (including phenoxy) is 1. The van der Waals surface area contributed by atoms with Crippen molar-refractivity contribution in [3.8, 4) is 5.75 Å². The van der Waals surface area contributed by atoms with E-state index in [1.54, 1.807) is 25.3 Å². The van der Waals surface area contributed by atoms with Gasteiger partial charge in [0.2, 0.25) is 0 Å². The molecule has 2 aromatic carbocycles. The molecule has 4 nitrogen and oxygen atoms in total. The maximum atomic E-state index is 12.0. The largest absolute Gasteiger partial charge is 0.481 e. The van der Waals surface area contributed by atoms with Crippen LogP contribution in [0.5, 0.6) is 5.75 Å². The molecule has 2 rings (SSSR count). The molecule has 1 amide bonds. The minimum Gasteiger partial charge on any atom is -0.481 e. The Morgan fingerprint density at radius 1 is 1.17 bits per heavy atom. The number of halogens is 1. The monoisotopic (exact) mass is 330 g/mol. The average molecular weight is 331 g/mol. The molecule has 0 bridgehead atoms. The van der Waals surface area contributed by atoms with E-state index in [1.807, 2.05) is 44.2 Å². The highest BCUT2D eigenvalue weighted by atomic mass is 35.5. The molecule has 1 atom stereocenters. The molecule has 0 fully saturated rings. The number of carbonyl (C=O) groups is 1. The summed E-state index contributed by atoms with van der Waals surface area (Å²) in [7, 11) is 0. The Kier molecular flexibility index (Phi) is 5.77. The first-order valence-corrected chi connectivity index (χ1v) is 7.65. The second-order valence-electron chi connectivity index (χ2n) is 5.37. The molecule has 23 heavy (non-hydrogen) atoms. The van der Waals surface area contributed by atoms with Crippen molar-refractivity contribution in [3.63, 3.8) is 0 Å². The van der Waals surface area contributed by atoms with E-state index in [1.165, 1.54) is 0 Å². The summed E-state index contributed by atoms with van der Waals surface area (Å²) in [5.74, 6) is 0.362. The maximum absolute atomic E-state index is 12.0. The molecule has 0 heterocycles. The number of hydrogen-bond donors (Lipinski definition) is 1. The summed E-state index contributed by atoms with van der Waals surface area (Å²) in [5.41, 5.74) is 5.49. The van der Waals surface area contributed by atoms with E-state index in [4.69, 9.17) is 16.3 Å². The van der Waals surface area contributed by atoms with Crippen LogP contribution in [-0.2, 0) is 4.79 Å². The van der Waals surface area contributed by atoms with E-state index in [0.29, 0.717) is 10.8 Å². The fraction of sp³-hybridized carbons (Fsp3) is 0.222. The summed E-state index contributed by atoms with van der Waals surface area (Å²) >= 11 is 5.81. The molecule has 0 saturated carbocycles.